The van der Waals surface area contributed by atoms with Crippen LogP contribution in [0.1, 0.15) is 62.8 Å². The lowest BCUT2D eigenvalue weighted by molar-refractivity contribution is -0.460. The highest BCUT2D eigenvalue weighted by Gasteiger charge is 2.65. The summed E-state index contributed by atoms with van der Waals surface area (Å²) < 4.78 is 28.7. The molecule has 0 bridgehead atoms. The lowest BCUT2D eigenvalue weighted by Crippen LogP contribution is -2.67. The number of carbonyl (C=O) groups excluding carboxylic acids is 1. The van der Waals surface area contributed by atoms with Gasteiger partial charge in [0.25, 0.3) is 0 Å². The van der Waals surface area contributed by atoms with Crippen LogP contribution in [0.2, 0.25) is 0 Å². The van der Waals surface area contributed by atoms with Gasteiger partial charge in [-0.05, 0) is 56.6 Å². The Bertz CT molecular complexity index is 747. The summed E-state index contributed by atoms with van der Waals surface area (Å²) in [5, 5.41) is 10.1. The van der Waals surface area contributed by atoms with Crippen molar-refractivity contribution in [2.24, 2.45) is 23.7 Å². The highest BCUT2D eigenvalue weighted by molar-refractivity contribution is 5.86. The molecule has 8 heteroatoms. The molecule has 8 atom stereocenters. The standard InChI is InChI=1S/C22H32O8/c1-12-5-8-17-14(3)20(26-11-15-7-10-18(28-15)19(23)25-4)29-21-22(17,30-24)16(12)9-6-13(2)27-21/h7,10,12-14,16-17,20-21,24H,5-6,8-9,11H2,1-4H3/t12-,13+,14-,16?,17?,20?,21?,22?/m1/s1. The minimum absolute atomic E-state index is 0.00205. The van der Waals surface area contributed by atoms with Crippen LogP contribution < -0.4 is 0 Å². The highest BCUT2D eigenvalue weighted by atomic mass is 17.1. The second-order valence-electron chi connectivity index (χ2n) is 9.00. The lowest BCUT2D eigenvalue weighted by Gasteiger charge is -2.57. The van der Waals surface area contributed by atoms with Gasteiger partial charge in [-0.2, -0.15) is 0 Å². The van der Waals surface area contributed by atoms with E-state index < -0.39 is 24.2 Å². The molecule has 1 aliphatic carbocycles. The SMILES string of the molecule is COC(=O)c1ccc(COC2OC3O[C@@H](C)CCC4[C@H](C)CCC([C@H]2C)C34OO)o1. The van der Waals surface area contributed by atoms with E-state index in [0.717, 1.165) is 25.7 Å². The summed E-state index contributed by atoms with van der Waals surface area (Å²) in [6.07, 6.45) is 2.55. The van der Waals surface area contributed by atoms with Crippen molar-refractivity contribution >= 4 is 5.97 Å². The number of rotatable bonds is 5. The summed E-state index contributed by atoms with van der Waals surface area (Å²) in [7, 11) is 1.31. The maximum absolute atomic E-state index is 11.6. The van der Waals surface area contributed by atoms with Gasteiger partial charge in [0, 0.05) is 11.8 Å². The fourth-order valence-corrected chi connectivity index (χ4v) is 5.70. The van der Waals surface area contributed by atoms with Gasteiger partial charge in [0.2, 0.25) is 5.76 Å². The van der Waals surface area contributed by atoms with E-state index in [-0.39, 0.29) is 36.2 Å². The van der Waals surface area contributed by atoms with E-state index in [1.807, 2.05) is 6.92 Å². The fourth-order valence-electron chi connectivity index (χ4n) is 5.70. The first-order valence-corrected chi connectivity index (χ1v) is 10.8. The van der Waals surface area contributed by atoms with Crippen LogP contribution >= 0.6 is 0 Å². The van der Waals surface area contributed by atoms with E-state index in [2.05, 4.69) is 18.6 Å². The number of hydrogen-bond acceptors (Lipinski definition) is 8. The average molecular weight is 424 g/mol. The number of methoxy groups -OCH3 is 1. The molecule has 1 aromatic heterocycles. The second-order valence-corrected chi connectivity index (χ2v) is 9.00. The monoisotopic (exact) mass is 424 g/mol. The molecular weight excluding hydrogens is 392 g/mol. The highest BCUT2D eigenvalue weighted by Crippen LogP contribution is 2.56. The predicted molar refractivity (Wildman–Crippen MR) is 104 cm³/mol. The molecule has 3 aliphatic rings. The number of esters is 1. The van der Waals surface area contributed by atoms with Crippen molar-refractivity contribution < 1.29 is 38.3 Å². The molecule has 0 spiro atoms. The fraction of sp³-hybridized carbons (Fsp3) is 0.773. The molecule has 0 radical (unpaired) electrons. The summed E-state index contributed by atoms with van der Waals surface area (Å²) >= 11 is 0. The molecule has 8 nitrogen and oxygen atoms in total. The summed E-state index contributed by atoms with van der Waals surface area (Å²) in [6, 6.07) is 3.24. The molecule has 4 rings (SSSR count). The van der Waals surface area contributed by atoms with Gasteiger partial charge in [-0.25, -0.2) is 9.68 Å². The van der Waals surface area contributed by atoms with E-state index in [4.69, 9.17) is 23.5 Å². The molecule has 1 N–H and O–H groups in total. The van der Waals surface area contributed by atoms with Crippen LogP contribution in [0, 0.1) is 23.7 Å². The quantitative estimate of drug-likeness (QED) is 0.431. The Morgan fingerprint density at radius 3 is 2.63 bits per heavy atom. The van der Waals surface area contributed by atoms with Crippen molar-refractivity contribution in [3.8, 4) is 0 Å². The Hall–Kier alpha value is -1.45. The molecule has 2 saturated heterocycles. The largest absolute Gasteiger partial charge is 0.463 e. The Morgan fingerprint density at radius 1 is 1.13 bits per heavy atom. The van der Waals surface area contributed by atoms with Gasteiger partial charge in [-0.15, -0.1) is 0 Å². The van der Waals surface area contributed by atoms with Gasteiger partial charge in [0.15, 0.2) is 18.2 Å². The average Bonchev–Trinajstić information content (AvgIpc) is 3.16. The van der Waals surface area contributed by atoms with Gasteiger partial charge in [-0.3, -0.25) is 5.26 Å². The van der Waals surface area contributed by atoms with Crippen molar-refractivity contribution in [2.75, 3.05) is 7.11 Å². The topological polar surface area (TPSA) is 96.6 Å². The lowest BCUT2D eigenvalue weighted by atomic mass is 9.58. The summed E-state index contributed by atoms with van der Waals surface area (Å²) in [5.74, 6) is 0.704. The third-order valence-electron chi connectivity index (χ3n) is 7.31. The third kappa shape index (κ3) is 3.58. The molecule has 3 heterocycles. The van der Waals surface area contributed by atoms with E-state index in [9.17, 15) is 10.1 Å². The van der Waals surface area contributed by atoms with Crippen LogP contribution in [0.4, 0.5) is 0 Å². The molecule has 0 aromatic carbocycles. The molecular formula is C22H32O8. The van der Waals surface area contributed by atoms with Gasteiger partial charge < -0.3 is 23.4 Å². The van der Waals surface area contributed by atoms with Crippen LogP contribution in [-0.4, -0.2) is 42.6 Å². The van der Waals surface area contributed by atoms with Gasteiger partial charge >= 0.3 is 5.97 Å². The van der Waals surface area contributed by atoms with Crippen LogP contribution in [0.3, 0.4) is 0 Å². The maximum atomic E-state index is 11.6. The zero-order valence-electron chi connectivity index (χ0n) is 18.0. The Balaban J connectivity index is 1.53. The first-order valence-electron chi connectivity index (χ1n) is 10.8. The Morgan fingerprint density at radius 2 is 1.90 bits per heavy atom. The van der Waals surface area contributed by atoms with E-state index in [1.165, 1.54) is 7.11 Å². The van der Waals surface area contributed by atoms with Crippen molar-refractivity contribution in [1.82, 2.24) is 0 Å². The Labute approximate surface area is 176 Å². The summed E-state index contributed by atoms with van der Waals surface area (Å²) in [6.45, 7) is 6.46. The first kappa shape index (κ1) is 21.8. The summed E-state index contributed by atoms with van der Waals surface area (Å²) in [4.78, 5) is 16.9. The molecule has 1 aromatic rings. The van der Waals surface area contributed by atoms with Gasteiger partial charge in [0.05, 0.1) is 13.2 Å². The third-order valence-corrected chi connectivity index (χ3v) is 7.31. The first-order chi connectivity index (χ1) is 14.4. The van der Waals surface area contributed by atoms with Gasteiger partial charge in [0.1, 0.15) is 12.4 Å². The van der Waals surface area contributed by atoms with Crippen LogP contribution in [-0.2, 0) is 30.4 Å². The number of furan rings is 1. The molecule has 168 valence electrons. The summed E-state index contributed by atoms with van der Waals surface area (Å²) in [5.41, 5.74) is -0.884. The van der Waals surface area contributed by atoms with Crippen LogP contribution in [0.15, 0.2) is 16.5 Å². The second kappa shape index (κ2) is 8.59. The number of hydrogen-bond donors (Lipinski definition) is 1. The Kier molecular flexibility index (Phi) is 6.23. The van der Waals surface area contributed by atoms with Crippen molar-refractivity contribution in [3.63, 3.8) is 0 Å². The zero-order chi connectivity index (χ0) is 21.5. The minimum Gasteiger partial charge on any atom is -0.463 e. The molecule has 5 unspecified atom stereocenters. The van der Waals surface area contributed by atoms with Crippen LogP contribution in [0.5, 0.6) is 0 Å². The normalized spacial score (nSPS) is 41.0. The van der Waals surface area contributed by atoms with E-state index >= 15 is 0 Å². The molecule has 1 saturated carbocycles. The number of ether oxygens (including phenoxy) is 4. The van der Waals surface area contributed by atoms with Crippen LogP contribution in [0.25, 0.3) is 0 Å². The molecule has 3 fully saturated rings. The molecule has 30 heavy (non-hydrogen) atoms. The zero-order valence-corrected chi connectivity index (χ0v) is 18.0. The molecule has 0 amide bonds. The van der Waals surface area contributed by atoms with Crippen molar-refractivity contribution in [2.45, 2.75) is 77.3 Å². The van der Waals surface area contributed by atoms with Crippen molar-refractivity contribution in [1.29, 1.82) is 0 Å². The number of carbonyl (C=O) groups is 1. The van der Waals surface area contributed by atoms with Gasteiger partial charge in [-0.1, -0.05) is 13.8 Å². The molecule has 2 aliphatic heterocycles. The predicted octanol–water partition coefficient (Wildman–Crippen LogP) is 3.99. The van der Waals surface area contributed by atoms with E-state index in [0.29, 0.717) is 11.7 Å². The smallest absolute Gasteiger partial charge is 0.373 e. The maximum Gasteiger partial charge on any atom is 0.373 e. The van der Waals surface area contributed by atoms with Crippen molar-refractivity contribution in [3.05, 3.63) is 23.7 Å². The minimum atomic E-state index is -0.884. The van der Waals surface area contributed by atoms with E-state index in [1.54, 1.807) is 12.1 Å².